The summed E-state index contributed by atoms with van der Waals surface area (Å²) in [7, 11) is 0. The molecule has 0 aliphatic carbocycles. The van der Waals surface area contributed by atoms with Gasteiger partial charge in [0.1, 0.15) is 9.66 Å². The Hall–Kier alpha value is -5.38. The molecule has 0 radical (unpaired) electrons. The Balaban J connectivity index is 1.51. The Labute approximate surface area is 252 Å². The number of nitrogens with zero attached hydrogens (tertiary/aromatic N) is 2. The van der Waals surface area contributed by atoms with Gasteiger partial charge in [0.05, 0.1) is 11.0 Å². The number of hydrogen-bond donors (Lipinski definition) is 0. The van der Waals surface area contributed by atoms with E-state index in [-0.39, 0.29) is 0 Å². The first-order valence-electron chi connectivity index (χ1n) is 14.5. The lowest BCUT2D eigenvalue weighted by Gasteiger charge is -2.10. The molecule has 0 amide bonds. The molecule has 0 aliphatic heterocycles. The van der Waals surface area contributed by atoms with Crippen molar-refractivity contribution in [2.24, 2.45) is 0 Å². The number of rotatable bonds is 4. The van der Waals surface area contributed by atoms with E-state index >= 15 is 0 Å². The van der Waals surface area contributed by atoms with Crippen LogP contribution in [-0.2, 0) is 0 Å². The van der Waals surface area contributed by atoms with Gasteiger partial charge in [0.25, 0.3) is 0 Å². The van der Waals surface area contributed by atoms with E-state index in [4.69, 9.17) is 0 Å². The van der Waals surface area contributed by atoms with Crippen molar-refractivity contribution in [1.82, 2.24) is 9.13 Å². The molecule has 0 aliphatic rings. The second-order valence-electron chi connectivity index (χ2n) is 11.1. The molecule has 0 N–H and O–H groups in total. The molecule has 3 heterocycles. The van der Waals surface area contributed by atoms with Crippen LogP contribution in [0.2, 0.25) is 0 Å². The van der Waals surface area contributed by atoms with Crippen LogP contribution in [-0.4, -0.2) is 9.13 Å². The van der Waals surface area contributed by atoms with Crippen LogP contribution in [0.1, 0.15) is 11.1 Å². The van der Waals surface area contributed by atoms with Crippen LogP contribution in [0.25, 0.3) is 87.3 Å². The molecule has 6 aromatic carbocycles. The summed E-state index contributed by atoms with van der Waals surface area (Å²) in [4.78, 5) is 2.52. The fourth-order valence-corrected chi connectivity index (χ4v) is 8.16. The van der Waals surface area contributed by atoms with E-state index in [2.05, 4.69) is 144 Å². The third-order valence-corrected chi connectivity index (χ3v) is 9.98. The van der Waals surface area contributed by atoms with Crippen LogP contribution in [0.15, 0.2) is 134 Å². The van der Waals surface area contributed by atoms with Crippen LogP contribution in [0.4, 0.5) is 0 Å². The molecule has 3 heteroatoms. The zero-order valence-electron chi connectivity index (χ0n) is 23.4. The lowest BCUT2D eigenvalue weighted by Crippen LogP contribution is -1.94. The summed E-state index contributed by atoms with van der Waals surface area (Å²) < 4.78 is 4.93. The number of aromatic nitrogens is 2. The molecule has 0 bridgehead atoms. The van der Waals surface area contributed by atoms with Gasteiger partial charge in [-0.15, -0.1) is 0 Å². The number of hydrogen-bond acceptors (Lipinski definition) is 1. The summed E-state index contributed by atoms with van der Waals surface area (Å²) in [5, 5.41) is 10.2. The third-order valence-electron chi connectivity index (χ3n) is 8.82. The second kappa shape index (κ2) is 9.06. The van der Waals surface area contributed by atoms with E-state index in [0.717, 1.165) is 22.5 Å². The van der Waals surface area contributed by atoms with Gasteiger partial charge in [-0.05, 0) is 63.7 Å². The number of fused-ring (bicyclic) bond motifs is 10. The lowest BCUT2D eigenvalue weighted by atomic mass is 10.0. The fourth-order valence-electron chi connectivity index (χ4n) is 6.77. The minimum Gasteiger partial charge on any atom is -0.301 e. The van der Waals surface area contributed by atoms with Crippen molar-refractivity contribution >= 4 is 87.3 Å². The van der Waals surface area contributed by atoms with Crippen LogP contribution >= 0.6 is 11.3 Å². The number of thiophene rings is 1. The molecular formula is C40H26N2S. The molecule has 2 nitrogen and oxygen atoms in total. The van der Waals surface area contributed by atoms with Crippen LogP contribution in [0.5, 0.6) is 0 Å². The monoisotopic (exact) mass is 566 g/mol. The number of benzene rings is 6. The van der Waals surface area contributed by atoms with Gasteiger partial charge in [0, 0.05) is 38.3 Å². The fraction of sp³-hybridized carbons (Fsp3) is 0. The van der Waals surface area contributed by atoms with Crippen molar-refractivity contribution in [3.8, 4) is 11.4 Å². The standard InChI is InChI=1S/C40H26N2S/c1-3-25-13-18-30(19-14-25)41-35-24-29-11-6-5-10-28(29)23-34(35)37-36-33-22-17-27-9-7-8-12-32(27)38(33)42(40(36)43-39(37)41)31-20-15-26(4-2)16-21-31/h3-24H,1-2H2. The molecule has 202 valence electrons. The van der Waals surface area contributed by atoms with Crippen molar-refractivity contribution in [3.63, 3.8) is 0 Å². The zero-order valence-corrected chi connectivity index (χ0v) is 24.2. The van der Waals surface area contributed by atoms with Crippen molar-refractivity contribution in [2.75, 3.05) is 0 Å². The Kier molecular flexibility index (Phi) is 5.11. The van der Waals surface area contributed by atoms with Crippen molar-refractivity contribution in [2.45, 2.75) is 0 Å². The zero-order chi connectivity index (χ0) is 28.7. The highest BCUT2D eigenvalue weighted by atomic mass is 32.1. The predicted octanol–water partition coefficient (Wildman–Crippen LogP) is 11.5. The normalized spacial score (nSPS) is 11.9. The minimum atomic E-state index is 1.12. The van der Waals surface area contributed by atoms with Crippen molar-refractivity contribution in [3.05, 3.63) is 146 Å². The maximum atomic E-state index is 3.97. The van der Waals surface area contributed by atoms with Gasteiger partial charge in [-0.3, -0.25) is 0 Å². The minimum absolute atomic E-state index is 1.12. The van der Waals surface area contributed by atoms with Crippen LogP contribution < -0.4 is 0 Å². The molecule has 9 aromatic rings. The first kappa shape index (κ1) is 24.2. The summed E-state index contributed by atoms with van der Waals surface area (Å²) in [6, 6.07) is 44.2. The summed E-state index contributed by atoms with van der Waals surface area (Å²) in [5.74, 6) is 0. The molecule has 0 saturated heterocycles. The Morgan fingerprint density at radius 3 is 1.72 bits per heavy atom. The summed E-state index contributed by atoms with van der Waals surface area (Å²) in [6.07, 6.45) is 3.80. The highest BCUT2D eigenvalue weighted by Crippen LogP contribution is 2.49. The van der Waals surface area contributed by atoms with Crippen molar-refractivity contribution in [1.29, 1.82) is 0 Å². The molecule has 3 aromatic heterocycles. The highest BCUT2D eigenvalue weighted by molar-refractivity contribution is 7.25. The molecule has 9 rings (SSSR count). The maximum Gasteiger partial charge on any atom is 0.111 e. The molecule has 0 spiro atoms. The molecule has 0 fully saturated rings. The SMILES string of the molecule is C=Cc1ccc(-n2c3cc4ccccc4cc3c3c4c5ccc6ccccc6c5n(-c5ccc(C=C)cc5)c4sc32)cc1. The van der Waals surface area contributed by atoms with E-state index < -0.39 is 0 Å². The quantitative estimate of drug-likeness (QED) is 0.200. The van der Waals surface area contributed by atoms with Gasteiger partial charge in [-0.1, -0.05) is 122 Å². The third kappa shape index (κ3) is 3.40. The Bertz CT molecular complexity index is 2560. The van der Waals surface area contributed by atoms with Gasteiger partial charge < -0.3 is 9.13 Å². The van der Waals surface area contributed by atoms with Crippen LogP contribution in [0.3, 0.4) is 0 Å². The topological polar surface area (TPSA) is 9.86 Å². The molecule has 0 unspecified atom stereocenters. The maximum absolute atomic E-state index is 3.97. The van der Waals surface area contributed by atoms with Crippen LogP contribution in [0, 0.1) is 0 Å². The molecule has 43 heavy (non-hydrogen) atoms. The molecule has 0 atom stereocenters. The van der Waals surface area contributed by atoms with Gasteiger partial charge in [-0.2, -0.15) is 0 Å². The largest absolute Gasteiger partial charge is 0.301 e. The van der Waals surface area contributed by atoms with Gasteiger partial charge in [0.15, 0.2) is 0 Å². The average Bonchev–Trinajstić information content (AvgIpc) is 3.69. The lowest BCUT2D eigenvalue weighted by molar-refractivity contribution is 1.19. The smallest absolute Gasteiger partial charge is 0.111 e. The van der Waals surface area contributed by atoms with E-state index in [9.17, 15) is 0 Å². The van der Waals surface area contributed by atoms with E-state index in [1.54, 1.807) is 0 Å². The predicted molar refractivity (Wildman–Crippen MR) is 188 cm³/mol. The Morgan fingerprint density at radius 2 is 1.05 bits per heavy atom. The van der Waals surface area contributed by atoms with Gasteiger partial charge >= 0.3 is 0 Å². The summed E-state index contributed by atoms with van der Waals surface area (Å²) in [6.45, 7) is 7.94. The second-order valence-corrected chi connectivity index (χ2v) is 12.1. The summed E-state index contributed by atoms with van der Waals surface area (Å²) in [5.41, 5.74) is 7.02. The highest BCUT2D eigenvalue weighted by Gasteiger charge is 2.25. The van der Waals surface area contributed by atoms with Gasteiger partial charge in [-0.25, -0.2) is 0 Å². The van der Waals surface area contributed by atoms with Crippen molar-refractivity contribution < 1.29 is 0 Å². The molecule has 0 saturated carbocycles. The first-order valence-corrected chi connectivity index (χ1v) is 15.3. The van der Waals surface area contributed by atoms with Gasteiger partial charge in [0.2, 0.25) is 0 Å². The Morgan fingerprint density at radius 1 is 0.488 bits per heavy atom. The van der Waals surface area contributed by atoms with E-state index in [1.165, 1.54) is 63.8 Å². The first-order chi connectivity index (χ1) is 21.2. The molecular weight excluding hydrogens is 541 g/mol. The van der Waals surface area contributed by atoms with E-state index in [0.29, 0.717) is 0 Å². The average molecular weight is 567 g/mol. The summed E-state index contributed by atoms with van der Waals surface area (Å²) >= 11 is 1.88. The van der Waals surface area contributed by atoms with E-state index in [1.807, 2.05) is 23.5 Å².